The van der Waals surface area contributed by atoms with Crippen LogP contribution in [0.3, 0.4) is 0 Å². The largest absolute Gasteiger partial charge is 0.416 e. The van der Waals surface area contributed by atoms with Gasteiger partial charge in [-0.1, -0.05) is 18.2 Å². The molecular formula is C20H17F6NO2. The molecule has 0 saturated heterocycles. The number of hydrogen-bond donors (Lipinski definition) is 1. The highest BCUT2D eigenvalue weighted by atomic mass is 19.4. The normalized spacial score (nSPS) is 12.6. The Kier molecular flexibility index (Phi) is 5.83. The average Bonchev–Trinajstić information content (AvgIpc) is 2.57. The number of rotatable bonds is 3. The Morgan fingerprint density at radius 1 is 0.759 bits per heavy atom. The zero-order chi connectivity index (χ0) is 22.2. The van der Waals surface area contributed by atoms with Crippen LogP contribution in [0.1, 0.15) is 58.2 Å². The molecule has 0 aromatic heterocycles. The van der Waals surface area contributed by atoms with Crippen molar-refractivity contribution in [2.24, 2.45) is 0 Å². The summed E-state index contributed by atoms with van der Waals surface area (Å²) in [4.78, 5) is 25.2. The molecular weight excluding hydrogens is 400 g/mol. The van der Waals surface area contributed by atoms with Crippen molar-refractivity contribution in [3.05, 3.63) is 70.3 Å². The second-order valence-corrected chi connectivity index (χ2v) is 7.37. The summed E-state index contributed by atoms with van der Waals surface area (Å²) in [7, 11) is 0. The number of halogens is 6. The first-order valence-electron chi connectivity index (χ1n) is 8.35. The van der Waals surface area contributed by atoms with Gasteiger partial charge in [-0.15, -0.1) is 0 Å². The van der Waals surface area contributed by atoms with E-state index in [0.29, 0.717) is 12.1 Å². The Balaban J connectivity index is 2.60. The zero-order valence-corrected chi connectivity index (χ0v) is 15.6. The van der Waals surface area contributed by atoms with Crippen molar-refractivity contribution in [1.82, 2.24) is 5.32 Å². The van der Waals surface area contributed by atoms with Crippen molar-refractivity contribution in [1.29, 1.82) is 0 Å². The third-order valence-corrected chi connectivity index (χ3v) is 3.75. The number of nitrogens with one attached hydrogen (secondary N) is 1. The molecule has 2 aromatic rings. The molecule has 3 nitrogen and oxygen atoms in total. The summed E-state index contributed by atoms with van der Waals surface area (Å²) in [5.74, 6) is -1.80. The first-order chi connectivity index (χ1) is 13.1. The minimum absolute atomic E-state index is 0.0605. The van der Waals surface area contributed by atoms with Gasteiger partial charge in [0.2, 0.25) is 0 Å². The number of amides is 1. The molecule has 0 fully saturated rings. The highest BCUT2D eigenvalue weighted by Crippen LogP contribution is 2.36. The van der Waals surface area contributed by atoms with Gasteiger partial charge in [0.25, 0.3) is 5.91 Å². The highest BCUT2D eigenvalue weighted by Gasteiger charge is 2.37. The van der Waals surface area contributed by atoms with Gasteiger partial charge in [-0.3, -0.25) is 9.59 Å². The van der Waals surface area contributed by atoms with Gasteiger partial charge in [-0.05, 0) is 45.0 Å². The van der Waals surface area contributed by atoms with Gasteiger partial charge in [0, 0.05) is 16.7 Å². The number of hydrogen-bond acceptors (Lipinski definition) is 2. The number of carbonyl (C=O) groups excluding carboxylic acids is 2. The summed E-state index contributed by atoms with van der Waals surface area (Å²) in [5.41, 5.74) is -5.16. The van der Waals surface area contributed by atoms with Gasteiger partial charge < -0.3 is 5.32 Å². The van der Waals surface area contributed by atoms with Crippen LogP contribution in [-0.4, -0.2) is 17.2 Å². The molecule has 9 heteroatoms. The van der Waals surface area contributed by atoms with E-state index in [1.807, 2.05) is 0 Å². The molecule has 0 bridgehead atoms. The predicted molar refractivity (Wildman–Crippen MR) is 93.5 cm³/mol. The van der Waals surface area contributed by atoms with Crippen LogP contribution in [0.2, 0.25) is 0 Å². The van der Waals surface area contributed by atoms with E-state index >= 15 is 0 Å². The molecule has 0 aliphatic carbocycles. The topological polar surface area (TPSA) is 46.2 Å². The maximum Gasteiger partial charge on any atom is 0.416 e. The predicted octanol–water partition coefficient (Wildman–Crippen LogP) is 5.48. The van der Waals surface area contributed by atoms with Crippen LogP contribution in [0.5, 0.6) is 0 Å². The van der Waals surface area contributed by atoms with Gasteiger partial charge in [-0.25, -0.2) is 0 Å². The fourth-order valence-electron chi connectivity index (χ4n) is 2.53. The molecule has 2 rings (SSSR count). The Morgan fingerprint density at radius 3 is 1.62 bits per heavy atom. The molecule has 2 aromatic carbocycles. The standard InChI is InChI=1S/C20H17F6NO2/c1-18(2,3)27-17(29)15-7-5-4-6-14(15)16(28)11-8-12(19(21,22)23)10-13(9-11)20(24,25)26/h4-10H,1-3H3,(H,27,29). The van der Waals surface area contributed by atoms with Gasteiger partial charge in [0.1, 0.15) is 0 Å². The molecule has 1 amide bonds. The maximum absolute atomic E-state index is 13.1. The van der Waals surface area contributed by atoms with E-state index in [2.05, 4.69) is 5.32 Å². The Labute approximate surface area is 162 Å². The van der Waals surface area contributed by atoms with Gasteiger partial charge >= 0.3 is 12.4 Å². The Bertz CT molecular complexity index is 907. The van der Waals surface area contributed by atoms with Crippen LogP contribution in [0.25, 0.3) is 0 Å². The van der Waals surface area contributed by atoms with Gasteiger partial charge in [0.05, 0.1) is 16.7 Å². The zero-order valence-electron chi connectivity index (χ0n) is 15.6. The summed E-state index contributed by atoms with van der Waals surface area (Å²) in [6, 6.07) is 5.86. The van der Waals surface area contributed by atoms with Crippen molar-refractivity contribution in [2.75, 3.05) is 0 Å². The highest BCUT2D eigenvalue weighted by molar-refractivity contribution is 6.15. The number of carbonyl (C=O) groups is 2. The van der Waals surface area contributed by atoms with E-state index in [9.17, 15) is 35.9 Å². The SMILES string of the molecule is CC(C)(C)NC(=O)c1ccccc1C(=O)c1cc(C(F)(F)F)cc(C(F)(F)F)c1. The van der Waals surface area contributed by atoms with Crippen molar-refractivity contribution in [3.8, 4) is 0 Å². The first kappa shape index (κ1) is 22.4. The summed E-state index contributed by atoms with van der Waals surface area (Å²) < 4.78 is 78.3. The lowest BCUT2D eigenvalue weighted by Gasteiger charge is -2.21. The molecule has 0 aliphatic heterocycles. The summed E-state index contributed by atoms with van der Waals surface area (Å²) in [6.07, 6.45) is -10.2. The van der Waals surface area contributed by atoms with E-state index in [-0.39, 0.29) is 17.2 Å². The monoisotopic (exact) mass is 417 g/mol. The van der Waals surface area contributed by atoms with E-state index < -0.39 is 46.3 Å². The Morgan fingerprint density at radius 2 is 1.21 bits per heavy atom. The molecule has 0 saturated carbocycles. The molecule has 0 radical (unpaired) electrons. The van der Waals surface area contributed by atoms with Gasteiger partial charge in [-0.2, -0.15) is 26.3 Å². The minimum atomic E-state index is -5.08. The Hall–Kier alpha value is -2.84. The van der Waals surface area contributed by atoms with Crippen LogP contribution in [0.4, 0.5) is 26.3 Å². The maximum atomic E-state index is 13.1. The van der Waals surface area contributed by atoms with Crippen LogP contribution < -0.4 is 5.32 Å². The smallest absolute Gasteiger partial charge is 0.347 e. The molecule has 0 aliphatic rings. The van der Waals surface area contributed by atoms with E-state index in [1.165, 1.54) is 24.3 Å². The molecule has 0 unspecified atom stereocenters. The molecule has 0 atom stereocenters. The lowest BCUT2D eigenvalue weighted by atomic mass is 9.94. The number of alkyl halides is 6. The fourth-order valence-corrected chi connectivity index (χ4v) is 2.53. The van der Waals surface area contributed by atoms with E-state index in [0.717, 1.165) is 0 Å². The van der Waals surface area contributed by atoms with Crippen LogP contribution in [0.15, 0.2) is 42.5 Å². The summed E-state index contributed by atoms with van der Waals surface area (Å²) in [5, 5.41) is 2.60. The van der Waals surface area contributed by atoms with Crippen LogP contribution in [-0.2, 0) is 12.4 Å². The first-order valence-corrected chi connectivity index (χ1v) is 8.35. The molecule has 29 heavy (non-hydrogen) atoms. The molecule has 0 spiro atoms. The van der Waals surface area contributed by atoms with Crippen molar-refractivity contribution < 1.29 is 35.9 Å². The quantitative estimate of drug-likeness (QED) is 0.531. The second kappa shape index (κ2) is 7.53. The number of ketones is 1. The second-order valence-electron chi connectivity index (χ2n) is 7.37. The van der Waals surface area contributed by atoms with Crippen molar-refractivity contribution in [2.45, 2.75) is 38.7 Å². The van der Waals surface area contributed by atoms with Crippen molar-refractivity contribution in [3.63, 3.8) is 0 Å². The van der Waals surface area contributed by atoms with Crippen LogP contribution in [0, 0.1) is 0 Å². The average molecular weight is 417 g/mol. The van der Waals surface area contributed by atoms with Gasteiger partial charge in [0.15, 0.2) is 5.78 Å². The molecule has 0 heterocycles. The fraction of sp³-hybridized carbons (Fsp3) is 0.300. The summed E-state index contributed by atoms with van der Waals surface area (Å²) in [6.45, 7) is 5.03. The molecule has 156 valence electrons. The third-order valence-electron chi connectivity index (χ3n) is 3.75. The lowest BCUT2D eigenvalue weighted by Crippen LogP contribution is -2.41. The lowest BCUT2D eigenvalue weighted by molar-refractivity contribution is -0.143. The van der Waals surface area contributed by atoms with E-state index in [4.69, 9.17) is 0 Å². The van der Waals surface area contributed by atoms with Crippen molar-refractivity contribution >= 4 is 11.7 Å². The molecule has 1 N–H and O–H groups in total. The number of benzene rings is 2. The van der Waals surface area contributed by atoms with E-state index in [1.54, 1.807) is 20.8 Å². The van der Waals surface area contributed by atoms with Crippen LogP contribution >= 0.6 is 0 Å². The third kappa shape index (κ3) is 5.58. The summed E-state index contributed by atoms with van der Waals surface area (Å²) >= 11 is 0. The minimum Gasteiger partial charge on any atom is -0.347 e.